The molecule has 1 heterocycles. The molecule has 2 aromatic rings. The van der Waals surface area contributed by atoms with Crippen LogP contribution in [-0.2, 0) is 20.7 Å². The normalized spacial score (nSPS) is 16.7. The lowest BCUT2D eigenvalue weighted by molar-refractivity contribution is -0.141. The molecule has 0 amide bonds. The van der Waals surface area contributed by atoms with Crippen LogP contribution in [-0.4, -0.2) is 45.4 Å². The Balaban J connectivity index is 1.82. The molecule has 2 atom stereocenters. The quantitative estimate of drug-likeness (QED) is 0.298. The van der Waals surface area contributed by atoms with Crippen LogP contribution in [0.25, 0.3) is 0 Å². The van der Waals surface area contributed by atoms with Crippen molar-refractivity contribution in [3.63, 3.8) is 0 Å². The summed E-state index contributed by atoms with van der Waals surface area (Å²) in [4.78, 5) is 27.2. The number of carbonyl (C=O) groups excluding carboxylic acids is 2. The van der Waals surface area contributed by atoms with E-state index in [0.29, 0.717) is 37.6 Å². The van der Waals surface area contributed by atoms with Crippen LogP contribution in [0.15, 0.2) is 41.4 Å². The molecule has 7 nitrogen and oxygen atoms in total. The highest BCUT2D eigenvalue weighted by Gasteiger charge is 2.27. The van der Waals surface area contributed by atoms with Gasteiger partial charge in [0.2, 0.25) is 0 Å². The van der Waals surface area contributed by atoms with Crippen molar-refractivity contribution in [1.29, 1.82) is 0 Å². The number of hydrogen-bond donors (Lipinski definition) is 0. The van der Waals surface area contributed by atoms with Gasteiger partial charge in [0.25, 0.3) is 0 Å². The van der Waals surface area contributed by atoms with E-state index >= 15 is 0 Å². The smallest absolute Gasteiger partial charge is 0.302 e. The van der Waals surface area contributed by atoms with E-state index in [1.165, 1.54) is 6.92 Å². The van der Waals surface area contributed by atoms with Gasteiger partial charge in [-0.3, -0.25) is 9.79 Å². The summed E-state index contributed by atoms with van der Waals surface area (Å²) in [7, 11) is 1.58. The summed E-state index contributed by atoms with van der Waals surface area (Å²) in [6, 6.07) is 11.6. The fraction of sp³-hybridized carbons (Fsp3) is 0.400. The average Bonchev–Trinajstić information content (AvgIpc) is 2.79. The molecule has 0 aromatic heterocycles. The fourth-order valence-electron chi connectivity index (χ4n) is 3.68. The molecular formula is C25H29NO6. The first-order valence-corrected chi connectivity index (χ1v) is 10.7. The third-order valence-electron chi connectivity index (χ3n) is 5.15. The van der Waals surface area contributed by atoms with Gasteiger partial charge in [0.1, 0.15) is 12.0 Å². The van der Waals surface area contributed by atoms with Gasteiger partial charge in [-0.05, 0) is 54.3 Å². The zero-order valence-corrected chi connectivity index (χ0v) is 18.7. The number of nitrogens with zero attached hydrogens (tertiary/aromatic N) is 1. The molecule has 0 spiro atoms. The Morgan fingerprint density at radius 2 is 1.91 bits per heavy atom. The molecule has 32 heavy (non-hydrogen) atoms. The summed E-state index contributed by atoms with van der Waals surface area (Å²) < 4.78 is 22.0. The predicted octanol–water partition coefficient (Wildman–Crippen LogP) is 4.08. The van der Waals surface area contributed by atoms with Crippen molar-refractivity contribution in [3.05, 3.63) is 53.1 Å². The molecule has 0 radical (unpaired) electrons. The topological polar surface area (TPSA) is 83.4 Å². The van der Waals surface area contributed by atoms with Gasteiger partial charge in [0, 0.05) is 19.6 Å². The number of ether oxygens (including phenoxy) is 4. The third-order valence-corrected chi connectivity index (χ3v) is 5.15. The van der Waals surface area contributed by atoms with E-state index in [-0.39, 0.29) is 18.6 Å². The Labute approximate surface area is 188 Å². The van der Waals surface area contributed by atoms with Crippen LogP contribution in [0.1, 0.15) is 48.9 Å². The minimum Gasteiger partial charge on any atom is -0.494 e. The first kappa shape index (κ1) is 23.3. The number of fused-ring (bicyclic) bond motifs is 1. The Morgan fingerprint density at radius 1 is 1.09 bits per heavy atom. The van der Waals surface area contributed by atoms with Crippen LogP contribution in [0.3, 0.4) is 0 Å². The van der Waals surface area contributed by atoms with Crippen molar-refractivity contribution in [2.75, 3.05) is 26.9 Å². The third kappa shape index (κ3) is 5.87. The molecule has 2 unspecified atom stereocenters. The van der Waals surface area contributed by atoms with Crippen molar-refractivity contribution >= 4 is 18.5 Å². The Morgan fingerprint density at radius 3 is 2.62 bits per heavy atom. The van der Waals surface area contributed by atoms with Crippen molar-refractivity contribution in [1.82, 2.24) is 0 Å². The molecule has 7 heteroatoms. The van der Waals surface area contributed by atoms with Crippen molar-refractivity contribution < 1.29 is 28.5 Å². The van der Waals surface area contributed by atoms with E-state index in [2.05, 4.69) is 4.99 Å². The lowest BCUT2D eigenvalue weighted by atomic mass is 9.86. The van der Waals surface area contributed by atoms with Crippen LogP contribution in [0, 0.1) is 0 Å². The van der Waals surface area contributed by atoms with E-state index in [1.54, 1.807) is 13.3 Å². The number of carbonyl (C=O) groups is 2. The number of hydrogen-bond acceptors (Lipinski definition) is 7. The number of aliphatic imine (C=N–C) groups is 1. The molecule has 1 aliphatic heterocycles. The van der Waals surface area contributed by atoms with E-state index in [0.717, 1.165) is 28.7 Å². The van der Waals surface area contributed by atoms with Crippen molar-refractivity contribution in [2.45, 2.75) is 38.6 Å². The van der Waals surface area contributed by atoms with Crippen LogP contribution >= 0.6 is 0 Å². The zero-order valence-electron chi connectivity index (χ0n) is 18.7. The van der Waals surface area contributed by atoms with Gasteiger partial charge in [0.05, 0.1) is 38.9 Å². The van der Waals surface area contributed by atoms with Gasteiger partial charge in [-0.25, -0.2) is 0 Å². The van der Waals surface area contributed by atoms with Crippen LogP contribution in [0.4, 0.5) is 0 Å². The molecule has 2 aromatic carbocycles. The number of methoxy groups -OCH3 is 1. The van der Waals surface area contributed by atoms with Gasteiger partial charge in [-0.2, -0.15) is 0 Å². The molecule has 0 bridgehead atoms. The lowest BCUT2D eigenvalue weighted by Crippen LogP contribution is -2.17. The molecule has 0 N–H and O–H groups in total. The summed E-state index contributed by atoms with van der Waals surface area (Å²) in [6.07, 6.45) is 3.80. The maximum absolute atomic E-state index is 11.7. The number of esters is 1. The standard InChI is InChI=1S/C25H29NO6/c1-4-30-20-8-5-7-18(11-20)12-23-22-14-24(29-3)25(32-10-6-9-31-17(2)28)13-21(22)19(16-27)15-26-23/h5,7-8,11,13-16,19,23H,4,6,9-10,12H2,1-3H3. The molecular weight excluding hydrogens is 410 g/mol. The predicted molar refractivity (Wildman–Crippen MR) is 121 cm³/mol. The molecule has 0 fully saturated rings. The molecule has 170 valence electrons. The summed E-state index contributed by atoms with van der Waals surface area (Å²) >= 11 is 0. The highest BCUT2D eigenvalue weighted by molar-refractivity contribution is 5.90. The summed E-state index contributed by atoms with van der Waals surface area (Å²) in [5.74, 6) is 1.19. The Hall–Kier alpha value is -3.35. The first-order valence-electron chi connectivity index (χ1n) is 10.7. The second kappa shape index (κ2) is 11.3. The first-order chi connectivity index (χ1) is 15.5. The average molecular weight is 440 g/mol. The molecule has 1 aliphatic rings. The minimum atomic E-state index is -0.440. The maximum Gasteiger partial charge on any atom is 0.302 e. The maximum atomic E-state index is 11.7. The van der Waals surface area contributed by atoms with Gasteiger partial charge >= 0.3 is 5.97 Å². The van der Waals surface area contributed by atoms with E-state index in [9.17, 15) is 9.59 Å². The Bertz CT molecular complexity index is 971. The lowest BCUT2D eigenvalue weighted by Gasteiger charge is -2.26. The number of aldehydes is 1. The van der Waals surface area contributed by atoms with Crippen molar-refractivity contribution in [3.8, 4) is 17.2 Å². The van der Waals surface area contributed by atoms with Gasteiger partial charge in [0.15, 0.2) is 11.5 Å². The van der Waals surface area contributed by atoms with Crippen LogP contribution < -0.4 is 14.2 Å². The highest BCUT2D eigenvalue weighted by atomic mass is 16.5. The fourth-order valence-corrected chi connectivity index (χ4v) is 3.68. The number of benzene rings is 2. The highest BCUT2D eigenvalue weighted by Crippen LogP contribution is 2.40. The van der Waals surface area contributed by atoms with E-state index in [1.807, 2.05) is 43.3 Å². The summed E-state index contributed by atoms with van der Waals surface area (Å²) in [5.41, 5.74) is 2.89. The molecule has 0 aliphatic carbocycles. The molecule has 0 saturated heterocycles. The number of rotatable bonds is 11. The van der Waals surface area contributed by atoms with Crippen molar-refractivity contribution in [2.24, 2.45) is 4.99 Å². The molecule has 0 saturated carbocycles. The van der Waals surface area contributed by atoms with Crippen LogP contribution in [0.5, 0.6) is 17.2 Å². The Kier molecular flexibility index (Phi) is 8.25. The minimum absolute atomic E-state index is 0.148. The van der Waals surface area contributed by atoms with E-state index < -0.39 is 5.92 Å². The second-order valence-electron chi connectivity index (χ2n) is 7.43. The van der Waals surface area contributed by atoms with Crippen LogP contribution in [0.2, 0.25) is 0 Å². The monoisotopic (exact) mass is 439 g/mol. The van der Waals surface area contributed by atoms with Gasteiger partial charge < -0.3 is 23.7 Å². The molecule has 3 rings (SSSR count). The van der Waals surface area contributed by atoms with E-state index in [4.69, 9.17) is 18.9 Å². The summed E-state index contributed by atoms with van der Waals surface area (Å²) in [6.45, 7) is 4.58. The zero-order chi connectivity index (χ0) is 22.9. The van der Waals surface area contributed by atoms with Gasteiger partial charge in [-0.15, -0.1) is 0 Å². The summed E-state index contributed by atoms with van der Waals surface area (Å²) in [5, 5.41) is 0. The SMILES string of the molecule is CCOc1cccc(CC2N=CC(C=O)c3cc(OCCCOC(C)=O)c(OC)cc32)c1. The van der Waals surface area contributed by atoms with Gasteiger partial charge in [-0.1, -0.05) is 12.1 Å². The largest absolute Gasteiger partial charge is 0.494 e. The second-order valence-corrected chi connectivity index (χ2v) is 7.43.